The maximum Gasteiger partial charge on any atom is 0.255 e. The average Bonchev–Trinajstić information content (AvgIpc) is 2.96. The van der Waals surface area contributed by atoms with E-state index in [1.54, 1.807) is 12.1 Å². The van der Waals surface area contributed by atoms with E-state index in [2.05, 4.69) is 46.6 Å². The molecule has 1 aromatic carbocycles. The Morgan fingerprint density at radius 3 is 2.74 bits per heavy atom. The Kier molecular flexibility index (Phi) is 6.28. The first kappa shape index (κ1) is 20.4. The van der Waals surface area contributed by atoms with Gasteiger partial charge in [0.05, 0.1) is 23.3 Å². The molecule has 0 aliphatic carbocycles. The van der Waals surface area contributed by atoms with Gasteiger partial charge in [-0.15, -0.1) is 0 Å². The van der Waals surface area contributed by atoms with Crippen molar-refractivity contribution in [1.82, 2.24) is 14.8 Å². The number of rotatable bonds is 3. The number of nitrogens with zero attached hydrogens (tertiary/aromatic N) is 3. The lowest BCUT2D eigenvalue weighted by atomic mass is 9.94. The summed E-state index contributed by atoms with van der Waals surface area (Å²) in [4.78, 5) is 21.5. The van der Waals surface area contributed by atoms with Crippen LogP contribution in [0.25, 0.3) is 0 Å². The normalized spacial score (nSPS) is 16.4. The number of hydrogen-bond donors (Lipinski definition) is 0. The third kappa shape index (κ3) is 5.12. The SMILES string of the molecule is CC(C)(C)c1cnc(CN2CCCN(C(=O)c3cc(Br)ccc3Cl)CC2)o1. The number of benzene rings is 1. The van der Waals surface area contributed by atoms with Gasteiger partial charge in [-0.05, 0) is 24.6 Å². The van der Waals surface area contributed by atoms with Gasteiger partial charge >= 0.3 is 0 Å². The molecule has 1 amide bonds. The van der Waals surface area contributed by atoms with E-state index in [1.165, 1.54) is 0 Å². The van der Waals surface area contributed by atoms with E-state index in [9.17, 15) is 4.79 Å². The van der Waals surface area contributed by atoms with Crippen molar-refractivity contribution >= 4 is 33.4 Å². The molecule has 5 nitrogen and oxygen atoms in total. The molecule has 2 heterocycles. The van der Waals surface area contributed by atoms with Gasteiger partial charge in [-0.2, -0.15) is 0 Å². The van der Waals surface area contributed by atoms with Crippen molar-refractivity contribution in [2.75, 3.05) is 26.2 Å². The topological polar surface area (TPSA) is 49.6 Å². The fourth-order valence-electron chi connectivity index (χ4n) is 3.09. The third-order valence-electron chi connectivity index (χ3n) is 4.69. The maximum atomic E-state index is 12.9. The summed E-state index contributed by atoms with van der Waals surface area (Å²) in [7, 11) is 0. The average molecular weight is 455 g/mol. The molecule has 27 heavy (non-hydrogen) atoms. The van der Waals surface area contributed by atoms with Crippen molar-refractivity contribution in [1.29, 1.82) is 0 Å². The number of oxazole rings is 1. The van der Waals surface area contributed by atoms with E-state index in [1.807, 2.05) is 17.2 Å². The van der Waals surface area contributed by atoms with Crippen molar-refractivity contribution in [2.45, 2.75) is 39.2 Å². The molecule has 7 heteroatoms. The second-order valence-electron chi connectivity index (χ2n) is 7.91. The first-order chi connectivity index (χ1) is 12.7. The molecule has 0 atom stereocenters. The molecular weight excluding hydrogens is 430 g/mol. The lowest BCUT2D eigenvalue weighted by Crippen LogP contribution is -2.35. The molecule has 0 spiro atoms. The highest BCUT2D eigenvalue weighted by Gasteiger charge is 2.24. The van der Waals surface area contributed by atoms with Gasteiger partial charge in [0.2, 0.25) is 5.89 Å². The van der Waals surface area contributed by atoms with Gasteiger partial charge in [0.1, 0.15) is 5.76 Å². The van der Waals surface area contributed by atoms with Gasteiger partial charge in [-0.3, -0.25) is 9.69 Å². The molecule has 0 unspecified atom stereocenters. The van der Waals surface area contributed by atoms with Crippen LogP contribution in [0, 0.1) is 0 Å². The van der Waals surface area contributed by atoms with Gasteiger partial charge in [0, 0.05) is 36.1 Å². The zero-order valence-corrected chi connectivity index (χ0v) is 18.3. The number of aromatic nitrogens is 1. The van der Waals surface area contributed by atoms with Crippen molar-refractivity contribution in [3.63, 3.8) is 0 Å². The molecule has 1 aliphatic heterocycles. The fraction of sp³-hybridized carbons (Fsp3) is 0.500. The van der Waals surface area contributed by atoms with Gasteiger partial charge in [0.15, 0.2) is 0 Å². The number of halogens is 2. The Balaban J connectivity index is 1.63. The Bertz CT molecular complexity index is 816. The molecule has 0 radical (unpaired) electrons. The summed E-state index contributed by atoms with van der Waals surface area (Å²) < 4.78 is 6.76. The van der Waals surface area contributed by atoms with E-state index in [4.69, 9.17) is 16.0 Å². The minimum atomic E-state index is -0.0452. The number of amides is 1. The lowest BCUT2D eigenvalue weighted by molar-refractivity contribution is 0.0760. The van der Waals surface area contributed by atoms with Gasteiger partial charge in [-0.25, -0.2) is 4.98 Å². The van der Waals surface area contributed by atoms with Crippen LogP contribution in [0.1, 0.15) is 49.2 Å². The van der Waals surface area contributed by atoms with E-state index in [0.29, 0.717) is 23.7 Å². The summed E-state index contributed by atoms with van der Waals surface area (Å²) in [5.41, 5.74) is 0.498. The van der Waals surface area contributed by atoms with Crippen molar-refractivity contribution in [3.05, 3.63) is 51.1 Å². The quantitative estimate of drug-likeness (QED) is 0.672. The second-order valence-corrected chi connectivity index (χ2v) is 9.24. The summed E-state index contributed by atoms with van der Waals surface area (Å²) in [5.74, 6) is 1.61. The van der Waals surface area contributed by atoms with Crippen LogP contribution in [0.4, 0.5) is 0 Å². The molecule has 1 aliphatic rings. The van der Waals surface area contributed by atoms with Crippen molar-refractivity contribution in [2.24, 2.45) is 0 Å². The molecular formula is C20H25BrClN3O2. The minimum absolute atomic E-state index is 0.0192. The largest absolute Gasteiger partial charge is 0.444 e. The van der Waals surface area contributed by atoms with Crippen LogP contribution < -0.4 is 0 Å². The minimum Gasteiger partial charge on any atom is -0.444 e. The van der Waals surface area contributed by atoms with E-state index < -0.39 is 0 Å². The van der Waals surface area contributed by atoms with Crippen LogP contribution in [0.2, 0.25) is 5.02 Å². The molecule has 1 aromatic heterocycles. The van der Waals surface area contributed by atoms with E-state index in [0.717, 1.165) is 42.2 Å². The highest BCUT2D eigenvalue weighted by Crippen LogP contribution is 2.24. The van der Waals surface area contributed by atoms with Crippen LogP contribution >= 0.6 is 27.5 Å². The summed E-state index contributed by atoms with van der Waals surface area (Å²) in [6, 6.07) is 5.37. The first-order valence-electron chi connectivity index (χ1n) is 9.16. The number of hydrogen-bond acceptors (Lipinski definition) is 4. The Morgan fingerprint density at radius 1 is 1.26 bits per heavy atom. The molecule has 1 saturated heterocycles. The second kappa shape index (κ2) is 8.33. The fourth-order valence-corrected chi connectivity index (χ4v) is 3.64. The Labute approximate surface area is 173 Å². The van der Waals surface area contributed by atoms with Crippen LogP contribution in [0.15, 0.2) is 33.3 Å². The number of carbonyl (C=O) groups is 1. The molecule has 146 valence electrons. The summed E-state index contributed by atoms with van der Waals surface area (Å²) >= 11 is 9.64. The number of carbonyl (C=O) groups excluding carboxylic acids is 1. The smallest absolute Gasteiger partial charge is 0.255 e. The molecule has 3 rings (SSSR count). The molecule has 1 fully saturated rings. The lowest BCUT2D eigenvalue weighted by Gasteiger charge is -2.22. The predicted octanol–water partition coefficient (Wildman–Crippen LogP) is 4.74. The summed E-state index contributed by atoms with van der Waals surface area (Å²) in [6.45, 7) is 10.1. The maximum absolute atomic E-state index is 12.9. The highest BCUT2D eigenvalue weighted by molar-refractivity contribution is 9.10. The van der Waals surface area contributed by atoms with Gasteiger partial charge < -0.3 is 9.32 Å². The summed E-state index contributed by atoms with van der Waals surface area (Å²) in [6.07, 6.45) is 2.72. The molecule has 2 aromatic rings. The van der Waals surface area contributed by atoms with E-state index in [-0.39, 0.29) is 11.3 Å². The molecule has 0 bridgehead atoms. The van der Waals surface area contributed by atoms with Crippen LogP contribution in [-0.2, 0) is 12.0 Å². The zero-order valence-electron chi connectivity index (χ0n) is 16.0. The zero-order chi connectivity index (χ0) is 19.6. The predicted molar refractivity (Wildman–Crippen MR) is 110 cm³/mol. The van der Waals surface area contributed by atoms with Crippen LogP contribution in [0.3, 0.4) is 0 Å². The first-order valence-corrected chi connectivity index (χ1v) is 10.3. The third-order valence-corrected chi connectivity index (χ3v) is 5.51. The van der Waals surface area contributed by atoms with Gasteiger partial charge in [-0.1, -0.05) is 48.3 Å². The Hall–Kier alpha value is -1.37. The van der Waals surface area contributed by atoms with Gasteiger partial charge in [0.25, 0.3) is 5.91 Å². The highest BCUT2D eigenvalue weighted by atomic mass is 79.9. The van der Waals surface area contributed by atoms with Crippen molar-refractivity contribution in [3.8, 4) is 0 Å². The van der Waals surface area contributed by atoms with Crippen LogP contribution in [0.5, 0.6) is 0 Å². The van der Waals surface area contributed by atoms with E-state index >= 15 is 0 Å². The molecule has 0 saturated carbocycles. The monoisotopic (exact) mass is 453 g/mol. The Morgan fingerprint density at radius 2 is 2.04 bits per heavy atom. The van der Waals surface area contributed by atoms with Crippen LogP contribution in [-0.4, -0.2) is 46.9 Å². The van der Waals surface area contributed by atoms with Crippen molar-refractivity contribution < 1.29 is 9.21 Å². The molecule has 0 N–H and O–H groups in total. The summed E-state index contributed by atoms with van der Waals surface area (Å²) in [5, 5.41) is 0.485. The standard InChI is InChI=1S/C20H25BrClN3O2/c1-20(2,3)17-12-23-18(27-17)13-24-7-4-8-25(10-9-24)19(26)15-11-14(21)5-6-16(15)22/h5-6,11-12H,4,7-10,13H2,1-3H3.